The highest BCUT2D eigenvalue weighted by Gasteiger charge is 2.12. The molecule has 1 N–H and O–H groups in total. The zero-order chi connectivity index (χ0) is 15.6. The molecule has 0 heterocycles. The van der Waals surface area contributed by atoms with Gasteiger partial charge in [-0.1, -0.05) is 29.3 Å². The Morgan fingerprint density at radius 1 is 1.05 bits per heavy atom. The van der Waals surface area contributed by atoms with E-state index in [0.29, 0.717) is 15.7 Å². The van der Waals surface area contributed by atoms with Crippen LogP contribution in [0.25, 0.3) is 0 Å². The molecule has 110 valence electrons. The predicted octanol–water partition coefficient (Wildman–Crippen LogP) is 3.65. The summed E-state index contributed by atoms with van der Waals surface area (Å²) in [5, 5.41) is 3.40. The highest BCUT2D eigenvalue weighted by molar-refractivity contribution is 7.90. The number of amides is 1. The number of anilines is 1. The second-order valence-corrected chi connectivity index (χ2v) is 7.30. The summed E-state index contributed by atoms with van der Waals surface area (Å²) in [6.45, 7) is 0. The van der Waals surface area contributed by atoms with E-state index in [-0.39, 0.29) is 10.5 Å². The van der Waals surface area contributed by atoms with Crippen molar-refractivity contribution in [1.29, 1.82) is 0 Å². The summed E-state index contributed by atoms with van der Waals surface area (Å²) >= 11 is 11.7. The van der Waals surface area contributed by atoms with Gasteiger partial charge in [0.15, 0.2) is 9.84 Å². The quantitative estimate of drug-likeness (QED) is 0.924. The number of halogens is 2. The van der Waals surface area contributed by atoms with Crippen molar-refractivity contribution >= 4 is 44.6 Å². The predicted molar refractivity (Wildman–Crippen MR) is 84.0 cm³/mol. The van der Waals surface area contributed by atoms with Crippen LogP contribution in [-0.2, 0) is 9.84 Å². The van der Waals surface area contributed by atoms with Crippen LogP contribution in [0.15, 0.2) is 47.4 Å². The minimum absolute atomic E-state index is 0.0827. The minimum Gasteiger partial charge on any atom is -0.322 e. The van der Waals surface area contributed by atoms with Gasteiger partial charge in [-0.05, 0) is 36.4 Å². The van der Waals surface area contributed by atoms with E-state index < -0.39 is 15.7 Å². The first kappa shape index (κ1) is 15.8. The lowest BCUT2D eigenvalue weighted by Gasteiger charge is -2.07. The molecular weight excluding hydrogens is 333 g/mol. The highest BCUT2D eigenvalue weighted by Crippen LogP contribution is 2.23. The van der Waals surface area contributed by atoms with Crippen LogP contribution in [0.3, 0.4) is 0 Å². The molecule has 21 heavy (non-hydrogen) atoms. The Hall–Kier alpha value is -1.56. The maximum Gasteiger partial charge on any atom is 0.255 e. The molecule has 2 rings (SSSR count). The van der Waals surface area contributed by atoms with Gasteiger partial charge >= 0.3 is 0 Å². The molecule has 0 aliphatic rings. The van der Waals surface area contributed by atoms with Gasteiger partial charge in [0.1, 0.15) is 0 Å². The van der Waals surface area contributed by atoms with Gasteiger partial charge in [-0.3, -0.25) is 4.79 Å². The van der Waals surface area contributed by atoms with Crippen molar-refractivity contribution in [3.05, 3.63) is 58.1 Å². The van der Waals surface area contributed by atoms with Crippen molar-refractivity contribution < 1.29 is 13.2 Å². The van der Waals surface area contributed by atoms with Crippen molar-refractivity contribution in [3.63, 3.8) is 0 Å². The van der Waals surface area contributed by atoms with Gasteiger partial charge in [-0.15, -0.1) is 0 Å². The van der Waals surface area contributed by atoms with E-state index in [9.17, 15) is 13.2 Å². The zero-order valence-electron chi connectivity index (χ0n) is 10.9. The fraction of sp³-hybridized carbons (Fsp3) is 0.0714. The monoisotopic (exact) mass is 343 g/mol. The number of carbonyl (C=O) groups excluding carboxylic acids is 1. The molecule has 0 bridgehead atoms. The second kappa shape index (κ2) is 6.05. The summed E-state index contributed by atoms with van der Waals surface area (Å²) in [6, 6.07) is 10.4. The molecule has 4 nitrogen and oxygen atoms in total. The Kier molecular flexibility index (Phi) is 4.56. The van der Waals surface area contributed by atoms with Gasteiger partial charge in [0, 0.05) is 27.6 Å². The van der Waals surface area contributed by atoms with Crippen LogP contribution in [0, 0.1) is 0 Å². The average Bonchev–Trinajstić information content (AvgIpc) is 2.36. The van der Waals surface area contributed by atoms with Crippen LogP contribution < -0.4 is 5.32 Å². The summed E-state index contributed by atoms with van der Waals surface area (Å²) in [5.74, 6) is -0.446. The van der Waals surface area contributed by atoms with Crippen LogP contribution in [-0.4, -0.2) is 20.6 Å². The van der Waals surface area contributed by atoms with Crippen LogP contribution in [0.1, 0.15) is 10.4 Å². The maximum atomic E-state index is 12.1. The van der Waals surface area contributed by atoms with Crippen LogP contribution in [0.2, 0.25) is 10.0 Å². The topological polar surface area (TPSA) is 63.2 Å². The van der Waals surface area contributed by atoms with Gasteiger partial charge in [-0.25, -0.2) is 8.42 Å². The summed E-state index contributed by atoms with van der Waals surface area (Å²) in [6.07, 6.45) is 1.08. The lowest BCUT2D eigenvalue weighted by atomic mass is 10.2. The number of hydrogen-bond acceptors (Lipinski definition) is 3. The van der Waals surface area contributed by atoms with E-state index in [4.69, 9.17) is 23.2 Å². The van der Waals surface area contributed by atoms with Crippen LogP contribution in [0.5, 0.6) is 0 Å². The van der Waals surface area contributed by atoms with Gasteiger partial charge in [0.05, 0.1) is 4.90 Å². The molecule has 2 aromatic carbocycles. The number of rotatable bonds is 3. The first-order valence-corrected chi connectivity index (χ1v) is 8.48. The number of sulfone groups is 1. The third kappa shape index (κ3) is 4.20. The highest BCUT2D eigenvalue weighted by atomic mass is 35.5. The normalized spacial score (nSPS) is 11.2. The Bertz CT molecular complexity index is 783. The summed E-state index contributed by atoms with van der Waals surface area (Å²) < 4.78 is 23.0. The van der Waals surface area contributed by atoms with Crippen molar-refractivity contribution in [2.24, 2.45) is 0 Å². The minimum atomic E-state index is -3.37. The smallest absolute Gasteiger partial charge is 0.255 e. The molecule has 0 saturated carbocycles. The van der Waals surface area contributed by atoms with Crippen LogP contribution >= 0.6 is 23.2 Å². The Morgan fingerprint density at radius 3 is 2.24 bits per heavy atom. The van der Waals surface area contributed by atoms with E-state index in [1.807, 2.05) is 0 Å². The lowest BCUT2D eigenvalue weighted by molar-refractivity contribution is 0.102. The average molecular weight is 344 g/mol. The molecule has 0 atom stereocenters. The maximum absolute atomic E-state index is 12.1. The first-order chi connectivity index (χ1) is 9.75. The Labute approximate surface area is 132 Å². The molecule has 0 unspecified atom stereocenters. The van der Waals surface area contributed by atoms with E-state index in [1.165, 1.54) is 24.3 Å². The van der Waals surface area contributed by atoms with Gasteiger partial charge in [-0.2, -0.15) is 0 Å². The summed E-state index contributed by atoms with van der Waals surface area (Å²) in [4.78, 5) is 12.2. The molecule has 0 aliphatic carbocycles. The number of hydrogen-bond donors (Lipinski definition) is 1. The first-order valence-electron chi connectivity index (χ1n) is 5.83. The van der Waals surface area contributed by atoms with E-state index in [0.717, 1.165) is 6.26 Å². The van der Waals surface area contributed by atoms with Crippen molar-refractivity contribution in [1.82, 2.24) is 0 Å². The van der Waals surface area contributed by atoms with Crippen molar-refractivity contribution in [3.8, 4) is 0 Å². The number of carbonyl (C=O) groups is 1. The largest absolute Gasteiger partial charge is 0.322 e. The zero-order valence-corrected chi connectivity index (χ0v) is 13.3. The van der Waals surface area contributed by atoms with Crippen molar-refractivity contribution in [2.75, 3.05) is 11.6 Å². The molecule has 0 aliphatic heterocycles. The standard InChI is InChI=1S/C14H11Cl2NO3S/c1-21(19,20)13-4-2-3-9(5-13)14(18)17-12-7-10(15)6-11(16)8-12/h2-8H,1H3,(H,17,18). The Morgan fingerprint density at radius 2 is 1.67 bits per heavy atom. The van der Waals surface area contributed by atoms with Crippen molar-refractivity contribution in [2.45, 2.75) is 4.90 Å². The van der Waals surface area contributed by atoms with Gasteiger partial charge in [0.25, 0.3) is 5.91 Å². The fourth-order valence-corrected chi connectivity index (χ4v) is 2.89. The molecule has 0 spiro atoms. The molecule has 1 amide bonds. The SMILES string of the molecule is CS(=O)(=O)c1cccc(C(=O)Nc2cc(Cl)cc(Cl)c2)c1. The third-order valence-electron chi connectivity index (χ3n) is 2.64. The van der Waals surface area contributed by atoms with E-state index in [1.54, 1.807) is 18.2 Å². The Balaban J connectivity index is 2.28. The van der Waals surface area contributed by atoms with Crippen LogP contribution in [0.4, 0.5) is 5.69 Å². The van der Waals surface area contributed by atoms with E-state index in [2.05, 4.69) is 5.32 Å². The second-order valence-electron chi connectivity index (χ2n) is 4.41. The number of nitrogens with one attached hydrogen (secondary N) is 1. The lowest BCUT2D eigenvalue weighted by Crippen LogP contribution is -2.12. The van der Waals surface area contributed by atoms with Gasteiger partial charge in [0.2, 0.25) is 0 Å². The summed E-state index contributed by atoms with van der Waals surface area (Å²) in [5.41, 5.74) is 0.663. The molecule has 0 radical (unpaired) electrons. The fourth-order valence-electron chi connectivity index (χ4n) is 1.70. The van der Waals surface area contributed by atoms with Gasteiger partial charge < -0.3 is 5.32 Å². The molecule has 7 heteroatoms. The molecule has 0 aromatic heterocycles. The molecular formula is C14H11Cl2NO3S. The molecule has 0 saturated heterocycles. The molecule has 0 fully saturated rings. The number of benzene rings is 2. The third-order valence-corrected chi connectivity index (χ3v) is 4.19. The summed E-state index contributed by atoms with van der Waals surface area (Å²) in [7, 11) is -3.37. The van der Waals surface area contributed by atoms with E-state index >= 15 is 0 Å². The molecule has 2 aromatic rings.